The van der Waals surface area contributed by atoms with Crippen LogP contribution in [0.5, 0.6) is 11.8 Å². The Balaban J connectivity index is 1.70. The van der Waals surface area contributed by atoms with Gasteiger partial charge in [-0.05, 0) is 22.9 Å². The maximum absolute atomic E-state index is 11.4. The third-order valence-electron chi connectivity index (χ3n) is 2.67. The van der Waals surface area contributed by atoms with Crippen LogP contribution >= 0.6 is 15.9 Å². The summed E-state index contributed by atoms with van der Waals surface area (Å²) in [7, 11) is 1.80. The van der Waals surface area contributed by atoms with E-state index in [1.54, 1.807) is 24.9 Å². The largest absolute Gasteiger partial charge is 0.477 e. The molecule has 22 heavy (non-hydrogen) atoms. The lowest BCUT2D eigenvalue weighted by Crippen LogP contribution is -2.07. The molecule has 9 heteroatoms. The van der Waals surface area contributed by atoms with Crippen molar-refractivity contribution in [2.45, 2.75) is 13.3 Å². The van der Waals surface area contributed by atoms with Crippen molar-refractivity contribution in [3.63, 3.8) is 0 Å². The quantitative estimate of drug-likeness (QED) is 0.562. The van der Waals surface area contributed by atoms with Gasteiger partial charge in [0.05, 0.1) is 30.5 Å². The van der Waals surface area contributed by atoms with Crippen LogP contribution in [0.4, 0.5) is 0 Å². The van der Waals surface area contributed by atoms with Gasteiger partial charge in [-0.25, -0.2) is 9.48 Å². The Morgan fingerprint density at radius 1 is 1.41 bits per heavy atom. The van der Waals surface area contributed by atoms with Gasteiger partial charge in [-0.1, -0.05) is 0 Å². The van der Waals surface area contributed by atoms with Crippen molar-refractivity contribution in [3.05, 3.63) is 22.4 Å². The summed E-state index contributed by atoms with van der Waals surface area (Å²) in [6.45, 7) is 2.96. The maximum atomic E-state index is 11.4. The molecule has 0 radical (unpaired) electrons. The van der Waals surface area contributed by atoms with E-state index in [4.69, 9.17) is 14.2 Å². The lowest BCUT2D eigenvalue weighted by molar-refractivity contribution is 0.0519. The highest BCUT2D eigenvalue weighted by Gasteiger charge is 2.11. The van der Waals surface area contributed by atoms with Gasteiger partial charge in [0.15, 0.2) is 0 Å². The molecule has 2 aromatic rings. The van der Waals surface area contributed by atoms with E-state index in [1.807, 2.05) is 0 Å². The predicted octanol–water partition coefficient (Wildman–Crippen LogP) is 1.93. The molecule has 0 bridgehead atoms. The molecule has 0 atom stereocenters. The summed E-state index contributed by atoms with van der Waals surface area (Å²) in [5.41, 5.74) is 0.270. The number of aromatic amines is 1. The van der Waals surface area contributed by atoms with E-state index < -0.39 is 5.97 Å². The van der Waals surface area contributed by atoms with Gasteiger partial charge in [0.1, 0.15) is 5.69 Å². The molecule has 0 aliphatic heterocycles. The van der Waals surface area contributed by atoms with Crippen molar-refractivity contribution in [1.82, 2.24) is 20.0 Å². The first-order valence-corrected chi connectivity index (χ1v) is 7.56. The Bertz CT molecular complexity index is 606. The molecule has 0 saturated heterocycles. The van der Waals surface area contributed by atoms with E-state index in [0.717, 1.165) is 4.47 Å². The summed E-state index contributed by atoms with van der Waals surface area (Å²) in [6, 6.07) is 1.51. The highest BCUT2D eigenvalue weighted by atomic mass is 79.9. The van der Waals surface area contributed by atoms with Crippen LogP contribution in [0, 0.1) is 0 Å². The summed E-state index contributed by atoms with van der Waals surface area (Å²) >= 11 is 3.35. The number of carbonyl (C=O) groups excluding carboxylic acids is 1. The molecular weight excluding hydrogens is 356 g/mol. The van der Waals surface area contributed by atoms with Crippen molar-refractivity contribution in [1.29, 1.82) is 0 Å². The number of ether oxygens (including phenoxy) is 3. The van der Waals surface area contributed by atoms with Gasteiger partial charge in [-0.2, -0.15) is 5.10 Å². The summed E-state index contributed by atoms with van der Waals surface area (Å²) in [5.74, 6) is 0.573. The molecule has 0 fully saturated rings. The third-order valence-corrected chi connectivity index (χ3v) is 3.21. The first kappa shape index (κ1) is 16.3. The maximum Gasteiger partial charge on any atom is 0.356 e. The SMILES string of the molecule is CCOC(=O)c1cc(OCCCOc2c(Br)cnn2C)n[nH]1. The molecule has 0 aromatic carbocycles. The smallest absolute Gasteiger partial charge is 0.356 e. The van der Waals surface area contributed by atoms with Crippen LogP contribution in [-0.4, -0.2) is 45.8 Å². The zero-order valence-corrected chi connectivity index (χ0v) is 13.9. The Morgan fingerprint density at radius 2 is 2.18 bits per heavy atom. The molecular formula is C13H17BrN4O4. The lowest BCUT2D eigenvalue weighted by Gasteiger charge is -2.07. The molecule has 0 aliphatic rings. The number of halogens is 1. The molecule has 0 aliphatic carbocycles. The number of H-pyrrole nitrogens is 1. The van der Waals surface area contributed by atoms with Crippen molar-refractivity contribution < 1.29 is 19.0 Å². The predicted molar refractivity (Wildman–Crippen MR) is 81.1 cm³/mol. The van der Waals surface area contributed by atoms with Gasteiger partial charge < -0.3 is 14.2 Å². The van der Waals surface area contributed by atoms with E-state index in [0.29, 0.717) is 38.0 Å². The van der Waals surface area contributed by atoms with Crippen molar-refractivity contribution in [2.24, 2.45) is 7.05 Å². The second-order valence-electron chi connectivity index (χ2n) is 4.31. The van der Waals surface area contributed by atoms with Crippen LogP contribution in [0.1, 0.15) is 23.8 Å². The molecule has 120 valence electrons. The van der Waals surface area contributed by atoms with E-state index in [9.17, 15) is 4.79 Å². The number of aryl methyl sites for hydroxylation is 1. The van der Waals surface area contributed by atoms with Gasteiger partial charge in [-0.15, -0.1) is 5.10 Å². The molecule has 8 nitrogen and oxygen atoms in total. The highest BCUT2D eigenvalue weighted by molar-refractivity contribution is 9.10. The summed E-state index contributed by atoms with van der Waals surface area (Å²) in [4.78, 5) is 11.4. The number of esters is 1. The molecule has 1 N–H and O–H groups in total. The number of hydrogen-bond donors (Lipinski definition) is 1. The fourth-order valence-electron chi connectivity index (χ4n) is 1.66. The molecule has 0 saturated carbocycles. The Labute approximate surface area is 135 Å². The van der Waals surface area contributed by atoms with Crippen LogP contribution in [0.3, 0.4) is 0 Å². The minimum Gasteiger partial charge on any atom is -0.477 e. The standard InChI is InChI=1S/C13H17BrN4O4/c1-3-20-13(19)10-7-11(17-16-10)21-5-4-6-22-12-9(14)8-15-18(12)2/h7-8H,3-6H2,1-2H3,(H,16,17). The van der Waals surface area contributed by atoms with Crippen LogP contribution < -0.4 is 9.47 Å². The third kappa shape index (κ3) is 4.23. The number of nitrogens with one attached hydrogen (secondary N) is 1. The number of aromatic nitrogens is 4. The molecule has 0 unspecified atom stereocenters. The fraction of sp³-hybridized carbons (Fsp3) is 0.462. The molecule has 0 amide bonds. The normalized spacial score (nSPS) is 10.5. The number of carbonyl (C=O) groups is 1. The van der Waals surface area contributed by atoms with Crippen LogP contribution in [0.15, 0.2) is 16.7 Å². The van der Waals surface area contributed by atoms with E-state index in [2.05, 4.69) is 31.2 Å². The van der Waals surface area contributed by atoms with Gasteiger partial charge >= 0.3 is 5.97 Å². The second kappa shape index (κ2) is 7.83. The summed E-state index contributed by atoms with van der Waals surface area (Å²) in [5, 5.41) is 10.5. The van der Waals surface area contributed by atoms with Gasteiger partial charge in [-0.3, -0.25) is 5.10 Å². The lowest BCUT2D eigenvalue weighted by atomic mass is 10.4. The number of nitrogens with zero attached hydrogens (tertiary/aromatic N) is 3. The zero-order valence-electron chi connectivity index (χ0n) is 12.3. The van der Waals surface area contributed by atoms with E-state index in [1.165, 1.54) is 6.07 Å². The number of rotatable bonds is 8. The molecule has 2 rings (SSSR count). The highest BCUT2D eigenvalue weighted by Crippen LogP contribution is 2.23. The molecule has 2 aromatic heterocycles. The average Bonchev–Trinajstić information content (AvgIpc) is 3.08. The minimum atomic E-state index is -0.450. The minimum absolute atomic E-state index is 0.270. The molecule has 0 spiro atoms. The monoisotopic (exact) mass is 372 g/mol. The van der Waals surface area contributed by atoms with Crippen molar-refractivity contribution in [2.75, 3.05) is 19.8 Å². The summed E-state index contributed by atoms with van der Waals surface area (Å²) in [6.07, 6.45) is 2.34. The average molecular weight is 373 g/mol. The molecule has 2 heterocycles. The Hall–Kier alpha value is -2.03. The van der Waals surface area contributed by atoms with Crippen LogP contribution in [0.2, 0.25) is 0 Å². The summed E-state index contributed by atoms with van der Waals surface area (Å²) < 4.78 is 18.3. The van der Waals surface area contributed by atoms with Crippen LogP contribution in [0.25, 0.3) is 0 Å². The topological polar surface area (TPSA) is 91.3 Å². The van der Waals surface area contributed by atoms with Gasteiger partial charge in [0.2, 0.25) is 11.8 Å². The Kier molecular flexibility index (Phi) is 5.82. The van der Waals surface area contributed by atoms with Crippen LogP contribution in [-0.2, 0) is 11.8 Å². The fourth-order valence-corrected chi connectivity index (χ4v) is 2.12. The van der Waals surface area contributed by atoms with Gasteiger partial charge in [0, 0.05) is 19.5 Å². The number of hydrogen-bond acceptors (Lipinski definition) is 6. The van der Waals surface area contributed by atoms with Crippen molar-refractivity contribution in [3.8, 4) is 11.8 Å². The first-order chi connectivity index (χ1) is 10.6. The van der Waals surface area contributed by atoms with E-state index >= 15 is 0 Å². The van der Waals surface area contributed by atoms with Crippen molar-refractivity contribution >= 4 is 21.9 Å². The van der Waals surface area contributed by atoms with Gasteiger partial charge in [0.25, 0.3) is 0 Å². The first-order valence-electron chi connectivity index (χ1n) is 6.77. The zero-order chi connectivity index (χ0) is 15.9. The second-order valence-corrected chi connectivity index (χ2v) is 5.17. The van der Waals surface area contributed by atoms with E-state index in [-0.39, 0.29) is 5.69 Å². The Morgan fingerprint density at radius 3 is 2.86 bits per heavy atom.